The van der Waals surface area contributed by atoms with Crippen LogP contribution >= 0.6 is 11.8 Å². The highest BCUT2D eigenvalue weighted by atomic mass is 32.2. The average molecular weight is 634 g/mol. The Morgan fingerprint density at radius 3 is 2.28 bits per heavy atom. The zero-order chi connectivity index (χ0) is 31.4. The van der Waals surface area contributed by atoms with Gasteiger partial charge in [0.1, 0.15) is 23.4 Å². The van der Waals surface area contributed by atoms with Gasteiger partial charge in [-0.3, -0.25) is 4.79 Å². The van der Waals surface area contributed by atoms with Crippen molar-refractivity contribution in [1.82, 2.24) is 14.5 Å². The van der Waals surface area contributed by atoms with Crippen LogP contribution in [0.5, 0.6) is 5.75 Å². The molecule has 0 unspecified atom stereocenters. The number of hydrogen-bond donors (Lipinski definition) is 2. The van der Waals surface area contributed by atoms with Gasteiger partial charge in [0.25, 0.3) is 0 Å². The summed E-state index contributed by atoms with van der Waals surface area (Å²) in [5.41, 5.74) is 0.693. The number of rotatable bonds is 8. The fraction of sp³-hybridized carbons (Fsp3) is 0.500. The summed E-state index contributed by atoms with van der Waals surface area (Å²) in [6.07, 6.45) is -1.54. The predicted octanol–water partition coefficient (Wildman–Crippen LogP) is 2.74. The highest BCUT2D eigenvalue weighted by Gasteiger charge is 2.44. The molecule has 0 saturated carbocycles. The number of aliphatic hydroxyl groups is 1. The Balaban J connectivity index is 1.49. The summed E-state index contributed by atoms with van der Waals surface area (Å²) in [6, 6.07) is 10.5. The molecule has 2 aliphatic rings. The molecule has 4 rings (SSSR count). The molecule has 2 amide bonds. The standard InChI is InChI=1S/C30H39N3O8S2/c1-20-5-11-24(12-6-20)43(38,39)33-19-22(34)18-26(33)27(35)31-25(28(36)41-30(2,3)4)17-21-7-9-23(10-8-21)40-29(37)32-13-15-42-16-14-32/h5-12,22,25-26,34H,13-19H2,1-4H3,(H,31,35)/t22-,25+,26+/m1/s1. The quantitative estimate of drug-likeness (QED) is 0.420. The monoisotopic (exact) mass is 633 g/mol. The summed E-state index contributed by atoms with van der Waals surface area (Å²) in [5, 5.41) is 13.0. The van der Waals surface area contributed by atoms with E-state index in [4.69, 9.17) is 9.47 Å². The molecule has 2 aromatic rings. The second-order valence-electron chi connectivity index (χ2n) is 11.7. The van der Waals surface area contributed by atoms with Crippen LogP contribution in [0.4, 0.5) is 4.79 Å². The number of thioether (sulfide) groups is 1. The van der Waals surface area contributed by atoms with E-state index >= 15 is 0 Å². The van der Waals surface area contributed by atoms with Gasteiger partial charge < -0.3 is 24.8 Å². The molecule has 3 atom stereocenters. The van der Waals surface area contributed by atoms with E-state index in [-0.39, 0.29) is 24.3 Å². The number of nitrogens with one attached hydrogen (secondary N) is 1. The second-order valence-corrected chi connectivity index (χ2v) is 14.8. The molecule has 13 heteroatoms. The molecule has 2 N–H and O–H groups in total. The number of aliphatic hydroxyl groups excluding tert-OH is 1. The Morgan fingerprint density at radius 2 is 1.67 bits per heavy atom. The van der Waals surface area contributed by atoms with E-state index in [2.05, 4.69) is 5.32 Å². The van der Waals surface area contributed by atoms with Gasteiger partial charge in [-0.15, -0.1) is 0 Å². The van der Waals surface area contributed by atoms with Gasteiger partial charge in [0.05, 0.1) is 11.0 Å². The Bertz CT molecular complexity index is 1400. The van der Waals surface area contributed by atoms with Gasteiger partial charge in [0, 0.05) is 44.0 Å². The fourth-order valence-electron chi connectivity index (χ4n) is 4.81. The van der Waals surface area contributed by atoms with Crippen LogP contribution in [0.2, 0.25) is 0 Å². The highest BCUT2D eigenvalue weighted by molar-refractivity contribution is 7.99. The SMILES string of the molecule is Cc1ccc(S(=O)(=O)N2C[C@H](O)C[C@H]2C(=O)N[C@@H](Cc2ccc(OC(=O)N3CCSCC3)cc2)C(=O)OC(C)(C)C)cc1. The number of esters is 1. The topological polar surface area (TPSA) is 143 Å². The molecular formula is C30H39N3O8S2. The maximum Gasteiger partial charge on any atom is 0.415 e. The number of hydrogen-bond acceptors (Lipinski definition) is 9. The first-order valence-electron chi connectivity index (χ1n) is 14.2. The molecule has 2 heterocycles. The van der Waals surface area contributed by atoms with Crippen molar-refractivity contribution in [1.29, 1.82) is 0 Å². The maximum absolute atomic E-state index is 13.5. The first-order valence-corrected chi connectivity index (χ1v) is 16.8. The molecular weight excluding hydrogens is 594 g/mol. The summed E-state index contributed by atoms with van der Waals surface area (Å²) in [6.45, 7) is 7.95. The molecule has 43 heavy (non-hydrogen) atoms. The molecule has 0 aliphatic carbocycles. The number of amides is 2. The van der Waals surface area contributed by atoms with E-state index in [0.29, 0.717) is 24.4 Å². The largest absolute Gasteiger partial charge is 0.458 e. The number of β-amino-alcohol motifs (C(OH)–C–C–N with tert-alkyl or cyclic N) is 1. The van der Waals surface area contributed by atoms with Crippen molar-refractivity contribution in [2.75, 3.05) is 31.1 Å². The van der Waals surface area contributed by atoms with Gasteiger partial charge in [-0.25, -0.2) is 18.0 Å². The van der Waals surface area contributed by atoms with E-state index in [1.54, 1.807) is 73.8 Å². The van der Waals surface area contributed by atoms with Crippen LogP contribution < -0.4 is 10.1 Å². The van der Waals surface area contributed by atoms with Crippen molar-refractivity contribution in [2.24, 2.45) is 0 Å². The summed E-state index contributed by atoms with van der Waals surface area (Å²) >= 11 is 1.79. The number of carbonyl (C=O) groups is 3. The molecule has 0 radical (unpaired) electrons. The van der Waals surface area contributed by atoms with Crippen LogP contribution in [0, 0.1) is 6.92 Å². The molecule has 234 valence electrons. The summed E-state index contributed by atoms with van der Waals surface area (Å²) in [4.78, 5) is 40.8. The van der Waals surface area contributed by atoms with E-state index in [0.717, 1.165) is 21.4 Å². The smallest absolute Gasteiger partial charge is 0.415 e. The maximum atomic E-state index is 13.5. The number of nitrogens with zero attached hydrogens (tertiary/aromatic N) is 2. The van der Waals surface area contributed by atoms with Gasteiger partial charge >= 0.3 is 12.1 Å². The average Bonchev–Trinajstić information content (AvgIpc) is 3.36. The van der Waals surface area contributed by atoms with Gasteiger partial charge in [0.2, 0.25) is 15.9 Å². The van der Waals surface area contributed by atoms with E-state index in [1.165, 1.54) is 12.1 Å². The minimum Gasteiger partial charge on any atom is -0.458 e. The van der Waals surface area contributed by atoms with Crippen LogP contribution in [0.25, 0.3) is 0 Å². The molecule has 2 fully saturated rings. The van der Waals surface area contributed by atoms with Crippen LogP contribution in [0.3, 0.4) is 0 Å². The normalized spacial score (nSPS) is 20.3. The van der Waals surface area contributed by atoms with Crippen LogP contribution in [-0.4, -0.2) is 95.6 Å². The molecule has 2 saturated heterocycles. The molecule has 0 aromatic heterocycles. The second kappa shape index (κ2) is 13.7. The summed E-state index contributed by atoms with van der Waals surface area (Å²) in [7, 11) is -4.10. The number of ether oxygens (including phenoxy) is 2. The third kappa shape index (κ3) is 8.71. The van der Waals surface area contributed by atoms with Crippen molar-refractivity contribution >= 4 is 39.8 Å². The predicted molar refractivity (Wildman–Crippen MR) is 162 cm³/mol. The van der Waals surface area contributed by atoms with Crippen LogP contribution in [0.1, 0.15) is 38.3 Å². The van der Waals surface area contributed by atoms with E-state index < -0.39 is 51.8 Å². The van der Waals surface area contributed by atoms with Gasteiger partial charge in [-0.1, -0.05) is 29.8 Å². The lowest BCUT2D eigenvalue weighted by atomic mass is 10.0. The minimum absolute atomic E-state index is 0.00802. The number of carbonyl (C=O) groups excluding carboxylic acids is 3. The van der Waals surface area contributed by atoms with E-state index in [1.807, 2.05) is 6.92 Å². The van der Waals surface area contributed by atoms with E-state index in [9.17, 15) is 27.9 Å². The zero-order valence-corrected chi connectivity index (χ0v) is 26.4. The first kappa shape index (κ1) is 32.8. The summed E-state index contributed by atoms with van der Waals surface area (Å²) < 4.78 is 38.9. The van der Waals surface area contributed by atoms with Crippen molar-refractivity contribution < 1.29 is 37.4 Å². The number of aryl methyl sites for hydroxylation is 1. The van der Waals surface area contributed by atoms with Crippen LogP contribution in [-0.2, 0) is 30.8 Å². The number of benzene rings is 2. The Morgan fingerprint density at radius 1 is 1.05 bits per heavy atom. The van der Waals surface area contributed by atoms with Crippen molar-refractivity contribution in [2.45, 2.75) is 69.2 Å². The third-order valence-corrected chi connectivity index (χ3v) is 9.84. The molecule has 11 nitrogen and oxygen atoms in total. The lowest BCUT2D eigenvalue weighted by Gasteiger charge is -2.27. The zero-order valence-electron chi connectivity index (χ0n) is 24.8. The number of sulfonamides is 1. The third-order valence-electron chi connectivity index (χ3n) is 7.01. The lowest BCUT2D eigenvalue weighted by Crippen LogP contribution is -2.52. The Kier molecular flexibility index (Phi) is 10.4. The Hall–Kier alpha value is -3.13. The molecule has 2 aliphatic heterocycles. The van der Waals surface area contributed by atoms with Crippen molar-refractivity contribution in [3.05, 3.63) is 59.7 Å². The minimum atomic E-state index is -4.10. The van der Waals surface area contributed by atoms with Crippen molar-refractivity contribution in [3.8, 4) is 5.75 Å². The molecule has 0 bridgehead atoms. The fourth-order valence-corrected chi connectivity index (χ4v) is 7.35. The molecule has 2 aromatic carbocycles. The molecule has 0 spiro atoms. The first-order chi connectivity index (χ1) is 20.2. The van der Waals surface area contributed by atoms with Crippen LogP contribution in [0.15, 0.2) is 53.4 Å². The van der Waals surface area contributed by atoms with Crippen molar-refractivity contribution in [3.63, 3.8) is 0 Å². The van der Waals surface area contributed by atoms with Gasteiger partial charge in [-0.05, 0) is 57.5 Å². The van der Waals surface area contributed by atoms with Gasteiger partial charge in [0.15, 0.2) is 0 Å². The highest BCUT2D eigenvalue weighted by Crippen LogP contribution is 2.27. The van der Waals surface area contributed by atoms with Gasteiger partial charge in [-0.2, -0.15) is 16.1 Å². The lowest BCUT2D eigenvalue weighted by molar-refractivity contribution is -0.158. The Labute approximate surface area is 257 Å². The summed E-state index contributed by atoms with van der Waals surface area (Å²) in [5.74, 6) is 0.670.